The van der Waals surface area contributed by atoms with Crippen LogP contribution in [0.4, 0.5) is 5.69 Å². The molecule has 0 radical (unpaired) electrons. The second-order valence-electron chi connectivity index (χ2n) is 6.41. The standard InChI is InChI=1S/C21H21N3O4S/c1-3-28-18-10-4-15(5-11-18)14-20(25)22-17-8-6-16(7-9-17)19-12-13-21(24-23-19)29(2,26)27/h4-13H,3,14H2,1-2H3,(H,22,25). The molecule has 0 bridgehead atoms. The minimum Gasteiger partial charge on any atom is -0.494 e. The Morgan fingerprint density at radius 1 is 0.966 bits per heavy atom. The van der Waals surface area contributed by atoms with Crippen molar-refractivity contribution in [2.45, 2.75) is 18.4 Å². The Morgan fingerprint density at radius 3 is 2.21 bits per heavy atom. The Morgan fingerprint density at radius 2 is 1.66 bits per heavy atom. The van der Waals surface area contributed by atoms with Crippen LogP contribution in [-0.4, -0.2) is 37.4 Å². The van der Waals surface area contributed by atoms with Crippen LogP contribution in [-0.2, 0) is 21.1 Å². The van der Waals surface area contributed by atoms with Gasteiger partial charge in [0, 0.05) is 17.5 Å². The molecule has 0 aliphatic carbocycles. The predicted molar refractivity (Wildman–Crippen MR) is 111 cm³/mol. The highest BCUT2D eigenvalue weighted by Gasteiger charge is 2.10. The largest absolute Gasteiger partial charge is 0.494 e. The SMILES string of the molecule is CCOc1ccc(CC(=O)Nc2ccc(-c3ccc(S(C)(=O)=O)nn3)cc2)cc1. The molecule has 0 unspecified atom stereocenters. The third-order valence-electron chi connectivity index (χ3n) is 4.08. The average molecular weight is 411 g/mol. The smallest absolute Gasteiger partial charge is 0.228 e. The summed E-state index contributed by atoms with van der Waals surface area (Å²) in [5, 5.41) is 10.5. The first-order valence-corrected chi connectivity index (χ1v) is 10.9. The van der Waals surface area contributed by atoms with Crippen molar-refractivity contribution in [2.24, 2.45) is 0 Å². The van der Waals surface area contributed by atoms with E-state index >= 15 is 0 Å². The summed E-state index contributed by atoms with van der Waals surface area (Å²) >= 11 is 0. The van der Waals surface area contributed by atoms with E-state index in [2.05, 4.69) is 15.5 Å². The zero-order valence-electron chi connectivity index (χ0n) is 16.1. The van der Waals surface area contributed by atoms with Gasteiger partial charge in [-0.15, -0.1) is 10.2 Å². The van der Waals surface area contributed by atoms with Crippen molar-refractivity contribution in [3.05, 3.63) is 66.2 Å². The fourth-order valence-corrected chi connectivity index (χ4v) is 3.16. The molecule has 3 aromatic rings. The normalized spacial score (nSPS) is 11.1. The van der Waals surface area contributed by atoms with Gasteiger partial charge in [0.2, 0.25) is 5.91 Å². The number of hydrogen-bond donors (Lipinski definition) is 1. The van der Waals surface area contributed by atoms with Crippen LogP contribution in [0.5, 0.6) is 5.75 Å². The van der Waals surface area contributed by atoms with Crippen molar-refractivity contribution in [1.82, 2.24) is 10.2 Å². The van der Waals surface area contributed by atoms with Crippen molar-refractivity contribution in [1.29, 1.82) is 0 Å². The number of hydrogen-bond acceptors (Lipinski definition) is 6. The maximum Gasteiger partial charge on any atom is 0.228 e. The molecule has 0 aliphatic rings. The molecule has 7 nitrogen and oxygen atoms in total. The molecule has 3 rings (SSSR count). The van der Waals surface area contributed by atoms with Crippen LogP contribution >= 0.6 is 0 Å². The number of carbonyl (C=O) groups is 1. The molecule has 29 heavy (non-hydrogen) atoms. The number of carbonyl (C=O) groups excluding carboxylic acids is 1. The molecule has 1 N–H and O–H groups in total. The lowest BCUT2D eigenvalue weighted by atomic mass is 10.1. The van der Waals surface area contributed by atoms with Gasteiger partial charge in [-0.2, -0.15) is 0 Å². The van der Waals surface area contributed by atoms with Gasteiger partial charge in [-0.25, -0.2) is 8.42 Å². The number of sulfone groups is 1. The minimum atomic E-state index is -3.38. The van der Waals surface area contributed by atoms with E-state index in [0.717, 1.165) is 23.1 Å². The Balaban J connectivity index is 1.62. The molecule has 1 aromatic heterocycles. The predicted octanol–water partition coefficient (Wildman–Crippen LogP) is 3.13. The molecule has 0 saturated carbocycles. The van der Waals surface area contributed by atoms with Gasteiger partial charge in [-0.05, 0) is 48.9 Å². The van der Waals surface area contributed by atoms with Gasteiger partial charge in [-0.3, -0.25) is 4.79 Å². The van der Waals surface area contributed by atoms with E-state index in [-0.39, 0.29) is 17.4 Å². The minimum absolute atomic E-state index is 0.0700. The number of nitrogens with one attached hydrogen (secondary N) is 1. The molecule has 0 atom stereocenters. The number of nitrogens with zero attached hydrogens (tertiary/aromatic N) is 2. The van der Waals surface area contributed by atoms with Crippen LogP contribution in [0.1, 0.15) is 12.5 Å². The zero-order valence-corrected chi connectivity index (χ0v) is 16.9. The highest BCUT2D eigenvalue weighted by Crippen LogP contribution is 2.20. The van der Waals surface area contributed by atoms with Crippen molar-refractivity contribution in [3.63, 3.8) is 0 Å². The van der Waals surface area contributed by atoms with E-state index in [1.54, 1.807) is 30.3 Å². The first-order valence-electron chi connectivity index (χ1n) is 9.01. The van der Waals surface area contributed by atoms with Crippen molar-refractivity contribution < 1.29 is 17.9 Å². The van der Waals surface area contributed by atoms with Gasteiger partial charge in [0.25, 0.3) is 0 Å². The number of amides is 1. The zero-order chi connectivity index (χ0) is 20.9. The maximum atomic E-state index is 12.3. The van der Waals surface area contributed by atoms with Crippen molar-refractivity contribution >= 4 is 21.4 Å². The highest BCUT2D eigenvalue weighted by molar-refractivity contribution is 7.90. The summed E-state index contributed by atoms with van der Waals surface area (Å²) in [5.41, 5.74) is 2.86. The summed E-state index contributed by atoms with van der Waals surface area (Å²) in [5.74, 6) is 0.652. The summed E-state index contributed by atoms with van der Waals surface area (Å²) in [6.07, 6.45) is 1.34. The first-order chi connectivity index (χ1) is 13.8. The third kappa shape index (κ3) is 5.61. The molecule has 8 heteroatoms. The Bertz CT molecular complexity index is 1080. The van der Waals surface area contributed by atoms with E-state index in [4.69, 9.17) is 4.74 Å². The Kier molecular flexibility index (Phi) is 6.23. The highest BCUT2D eigenvalue weighted by atomic mass is 32.2. The van der Waals surface area contributed by atoms with Crippen molar-refractivity contribution in [3.8, 4) is 17.0 Å². The second-order valence-corrected chi connectivity index (χ2v) is 8.37. The molecule has 2 aromatic carbocycles. The average Bonchev–Trinajstić information content (AvgIpc) is 2.70. The molecule has 1 heterocycles. The topological polar surface area (TPSA) is 98.2 Å². The van der Waals surface area contributed by atoms with Gasteiger partial charge in [0.1, 0.15) is 5.75 Å². The Labute approximate surface area is 169 Å². The van der Waals surface area contributed by atoms with E-state index in [1.165, 1.54) is 6.07 Å². The van der Waals surface area contributed by atoms with Gasteiger partial charge in [0.05, 0.1) is 18.7 Å². The molecule has 1 amide bonds. The van der Waals surface area contributed by atoms with E-state index < -0.39 is 9.84 Å². The van der Waals surface area contributed by atoms with Gasteiger partial charge in [0.15, 0.2) is 14.9 Å². The lowest BCUT2D eigenvalue weighted by Crippen LogP contribution is -2.14. The van der Waals surface area contributed by atoms with Crippen LogP contribution in [0, 0.1) is 0 Å². The van der Waals surface area contributed by atoms with Crippen LogP contribution < -0.4 is 10.1 Å². The lowest BCUT2D eigenvalue weighted by Gasteiger charge is -2.08. The van der Waals surface area contributed by atoms with E-state index in [1.807, 2.05) is 31.2 Å². The fourth-order valence-electron chi connectivity index (χ4n) is 2.66. The molecule has 0 fully saturated rings. The van der Waals surface area contributed by atoms with Gasteiger partial charge < -0.3 is 10.1 Å². The van der Waals surface area contributed by atoms with Crippen LogP contribution in [0.3, 0.4) is 0 Å². The summed E-state index contributed by atoms with van der Waals surface area (Å²) in [7, 11) is -3.38. The van der Waals surface area contributed by atoms with Crippen LogP contribution in [0.2, 0.25) is 0 Å². The molecular weight excluding hydrogens is 390 g/mol. The Hall–Kier alpha value is -3.26. The van der Waals surface area contributed by atoms with Crippen LogP contribution in [0.15, 0.2) is 65.7 Å². The summed E-state index contributed by atoms with van der Waals surface area (Å²) in [6.45, 7) is 2.52. The summed E-state index contributed by atoms with van der Waals surface area (Å²) in [6, 6.07) is 17.5. The lowest BCUT2D eigenvalue weighted by molar-refractivity contribution is -0.115. The monoisotopic (exact) mass is 411 g/mol. The molecule has 150 valence electrons. The van der Waals surface area contributed by atoms with Crippen molar-refractivity contribution in [2.75, 3.05) is 18.2 Å². The summed E-state index contributed by atoms with van der Waals surface area (Å²) < 4.78 is 28.3. The van der Waals surface area contributed by atoms with Gasteiger partial charge in [-0.1, -0.05) is 24.3 Å². The molecule has 0 aliphatic heterocycles. The number of rotatable bonds is 7. The molecule has 0 spiro atoms. The number of ether oxygens (including phenoxy) is 1. The molecule has 0 saturated heterocycles. The third-order valence-corrected chi connectivity index (χ3v) is 5.06. The first kappa shape index (κ1) is 20.5. The molecular formula is C21H21N3O4S. The van der Waals surface area contributed by atoms with Crippen LogP contribution in [0.25, 0.3) is 11.3 Å². The van der Waals surface area contributed by atoms with Gasteiger partial charge >= 0.3 is 0 Å². The summed E-state index contributed by atoms with van der Waals surface area (Å²) in [4.78, 5) is 12.3. The maximum absolute atomic E-state index is 12.3. The van der Waals surface area contributed by atoms with E-state index in [0.29, 0.717) is 18.0 Å². The number of aromatic nitrogens is 2. The fraction of sp³-hybridized carbons (Fsp3) is 0.190. The second kappa shape index (κ2) is 8.83. The number of anilines is 1. The quantitative estimate of drug-likeness (QED) is 0.641. The van der Waals surface area contributed by atoms with E-state index in [9.17, 15) is 13.2 Å². The number of benzene rings is 2.